The minimum absolute atomic E-state index is 0.0239. The van der Waals surface area contributed by atoms with E-state index in [4.69, 9.17) is 22.1 Å². The molecule has 1 aromatic heterocycles. The third kappa shape index (κ3) is 5.51. The normalized spacial score (nSPS) is 10.9. The lowest BCUT2D eigenvalue weighted by atomic mass is 10.2. The van der Waals surface area contributed by atoms with E-state index in [9.17, 15) is 9.18 Å². The molecule has 6 nitrogen and oxygen atoms in total. The molecule has 9 heteroatoms. The van der Waals surface area contributed by atoms with Crippen molar-refractivity contribution in [1.82, 2.24) is 10.4 Å². The van der Waals surface area contributed by atoms with Crippen molar-refractivity contribution < 1.29 is 13.9 Å². The Morgan fingerprint density at radius 2 is 2.11 bits per heavy atom. The molecule has 0 saturated heterocycles. The molecular formula is C19H16ClFN4O2S. The first-order chi connectivity index (χ1) is 13.5. The lowest BCUT2D eigenvalue weighted by Crippen LogP contribution is -2.19. The molecule has 2 aromatic carbocycles. The summed E-state index contributed by atoms with van der Waals surface area (Å²) in [6, 6.07) is 11.4. The summed E-state index contributed by atoms with van der Waals surface area (Å²) in [5.41, 5.74) is 9.62. The summed E-state index contributed by atoms with van der Waals surface area (Å²) in [6.07, 6.45) is 1.61. The Morgan fingerprint density at radius 1 is 1.32 bits per heavy atom. The summed E-state index contributed by atoms with van der Waals surface area (Å²) < 4.78 is 19.3. The van der Waals surface area contributed by atoms with Crippen molar-refractivity contribution >= 4 is 40.2 Å². The number of nitrogens with zero attached hydrogens (tertiary/aromatic N) is 2. The number of ether oxygens (including phenoxy) is 1. The van der Waals surface area contributed by atoms with Gasteiger partial charge in [0, 0.05) is 10.9 Å². The summed E-state index contributed by atoms with van der Waals surface area (Å²) in [5, 5.41) is 6.37. The van der Waals surface area contributed by atoms with Gasteiger partial charge in [-0.25, -0.2) is 14.8 Å². The van der Waals surface area contributed by atoms with E-state index in [1.54, 1.807) is 41.8 Å². The third-order valence-electron chi connectivity index (χ3n) is 3.64. The second kappa shape index (κ2) is 9.29. The summed E-state index contributed by atoms with van der Waals surface area (Å²) in [6.45, 7) is 0.0239. The van der Waals surface area contributed by atoms with Crippen molar-refractivity contribution in [3.63, 3.8) is 0 Å². The van der Waals surface area contributed by atoms with Crippen LogP contribution in [0.15, 0.2) is 52.9 Å². The Bertz CT molecular complexity index is 972. The highest BCUT2D eigenvalue weighted by atomic mass is 35.5. The number of hydrazone groups is 1. The Kier molecular flexibility index (Phi) is 6.57. The zero-order chi connectivity index (χ0) is 19.9. The Hall–Kier alpha value is -2.97. The van der Waals surface area contributed by atoms with Gasteiger partial charge in [0.1, 0.15) is 18.2 Å². The number of benzene rings is 2. The number of hydrogen-bond acceptors (Lipinski definition) is 6. The first-order valence-electron chi connectivity index (χ1n) is 8.19. The highest BCUT2D eigenvalue weighted by Crippen LogP contribution is 2.21. The van der Waals surface area contributed by atoms with Gasteiger partial charge in [-0.15, -0.1) is 11.3 Å². The Labute approximate surface area is 169 Å². The number of nitrogen functional groups attached to an aromatic ring is 1. The number of rotatable bonds is 7. The van der Waals surface area contributed by atoms with E-state index in [0.29, 0.717) is 27.2 Å². The molecule has 1 heterocycles. The van der Waals surface area contributed by atoms with Crippen molar-refractivity contribution in [1.29, 1.82) is 0 Å². The Morgan fingerprint density at radius 3 is 2.79 bits per heavy atom. The van der Waals surface area contributed by atoms with E-state index in [2.05, 4.69) is 15.5 Å². The van der Waals surface area contributed by atoms with Crippen LogP contribution in [0.4, 0.5) is 9.52 Å². The minimum Gasteiger partial charge on any atom is -0.489 e. The molecule has 0 aliphatic heterocycles. The van der Waals surface area contributed by atoms with Crippen molar-refractivity contribution in [3.05, 3.63) is 75.5 Å². The van der Waals surface area contributed by atoms with E-state index < -0.39 is 5.82 Å². The van der Waals surface area contributed by atoms with Crippen molar-refractivity contribution in [2.75, 3.05) is 5.73 Å². The molecule has 0 spiro atoms. The molecule has 0 bridgehead atoms. The van der Waals surface area contributed by atoms with Crippen LogP contribution < -0.4 is 15.9 Å². The first-order valence-corrected chi connectivity index (χ1v) is 9.44. The molecule has 3 aromatic rings. The largest absolute Gasteiger partial charge is 0.489 e. The van der Waals surface area contributed by atoms with Crippen LogP contribution in [0.3, 0.4) is 0 Å². The fourth-order valence-electron chi connectivity index (χ4n) is 2.26. The van der Waals surface area contributed by atoms with Gasteiger partial charge in [-0.1, -0.05) is 17.7 Å². The molecule has 3 N–H and O–H groups in total. The highest BCUT2D eigenvalue weighted by Gasteiger charge is 2.08. The lowest BCUT2D eigenvalue weighted by molar-refractivity contribution is -0.120. The molecule has 144 valence electrons. The number of nitrogens with two attached hydrogens (primary N) is 1. The monoisotopic (exact) mass is 418 g/mol. The van der Waals surface area contributed by atoms with Crippen LogP contribution in [-0.2, 0) is 17.8 Å². The van der Waals surface area contributed by atoms with Gasteiger partial charge in [0.25, 0.3) is 0 Å². The van der Waals surface area contributed by atoms with Gasteiger partial charge >= 0.3 is 0 Å². The van der Waals surface area contributed by atoms with E-state index in [1.807, 2.05) is 0 Å². The number of amides is 1. The maximum atomic E-state index is 13.7. The van der Waals surface area contributed by atoms with Crippen molar-refractivity contribution in [2.45, 2.75) is 13.0 Å². The summed E-state index contributed by atoms with van der Waals surface area (Å²) in [5.74, 6) is -0.141. The molecule has 0 atom stereocenters. The number of halogens is 2. The number of aromatic nitrogens is 1. The maximum Gasteiger partial charge on any atom is 0.246 e. The van der Waals surface area contributed by atoms with Gasteiger partial charge in [-0.3, -0.25) is 4.79 Å². The van der Waals surface area contributed by atoms with Gasteiger partial charge in [-0.2, -0.15) is 5.10 Å². The van der Waals surface area contributed by atoms with Crippen LogP contribution in [0.25, 0.3) is 0 Å². The molecule has 0 unspecified atom stereocenters. The average Bonchev–Trinajstić information content (AvgIpc) is 3.07. The lowest BCUT2D eigenvalue weighted by Gasteiger charge is -2.08. The molecule has 0 saturated carbocycles. The van der Waals surface area contributed by atoms with Gasteiger partial charge in [0.05, 0.1) is 23.4 Å². The number of anilines is 1. The van der Waals surface area contributed by atoms with E-state index in [1.165, 1.54) is 23.6 Å². The van der Waals surface area contributed by atoms with Crippen molar-refractivity contribution in [2.24, 2.45) is 5.10 Å². The maximum absolute atomic E-state index is 13.7. The summed E-state index contributed by atoms with van der Waals surface area (Å²) >= 11 is 7.26. The summed E-state index contributed by atoms with van der Waals surface area (Å²) in [4.78, 5) is 15.8. The van der Waals surface area contributed by atoms with Crippen molar-refractivity contribution in [3.8, 4) is 5.75 Å². The standard InChI is InChI=1S/C19H16ClFN4O2S/c20-16-2-1-3-17(21)15(16)10-27-14-6-4-12(5-7-14)9-23-25-18(26)8-13-11-28-19(22)24-13/h1-7,9,11H,8,10H2,(H2,22,24)(H,25,26)/b23-9+. The smallest absolute Gasteiger partial charge is 0.246 e. The van der Waals surface area contributed by atoms with E-state index >= 15 is 0 Å². The van der Waals surface area contributed by atoms with E-state index in [0.717, 1.165) is 5.56 Å². The fourth-order valence-corrected chi connectivity index (χ4v) is 3.04. The number of carbonyl (C=O) groups is 1. The number of carbonyl (C=O) groups excluding carboxylic acids is 1. The molecule has 1 amide bonds. The summed E-state index contributed by atoms with van der Waals surface area (Å²) in [7, 11) is 0. The predicted octanol–water partition coefficient (Wildman–Crippen LogP) is 3.79. The number of nitrogens with one attached hydrogen (secondary N) is 1. The van der Waals surface area contributed by atoms with Gasteiger partial charge in [0.2, 0.25) is 5.91 Å². The Balaban J connectivity index is 1.50. The number of hydrogen-bond donors (Lipinski definition) is 2. The molecule has 0 aliphatic rings. The molecular weight excluding hydrogens is 403 g/mol. The molecule has 0 aliphatic carbocycles. The minimum atomic E-state index is -0.410. The second-order valence-corrected chi connectivity index (χ2v) is 7.00. The van der Waals surface area contributed by atoms with Crippen LogP contribution in [0.2, 0.25) is 5.02 Å². The topological polar surface area (TPSA) is 89.6 Å². The zero-order valence-corrected chi connectivity index (χ0v) is 16.1. The van der Waals surface area contributed by atoms with Crippen LogP contribution in [0.1, 0.15) is 16.8 Å². The predicted molar refractivity (Wildman–Crippen MR) is 108 cm³/mol. The third-order valence-corrected chi connectivity index (χ3v) is 4.72. The van der Waals surface area contributed by atoms with Crippen LogP contribution in [0, 0.1) is 5.82 Å². The van der Waals surface area contributed by atoms with Crippen LogP contribution >= 0.6 is 22.9 Å². The van der Waals surface area contributed by atoms with Crippen LogP contribution in [-0.4, -0.2) is 17.1 Å². The highest BCUT2D eigenvalue weighted by molar-refractivity contribution is 7.13. The average molecular weight is 419 g/mol. The van der Waals surface area contributed by atoms with Gasteiger partial charge < -0.3 is 10.5 Å². The second-order valence-electron chi connectivity index (χ2n) is 5.70. The molecule has 0 fully saturated rings. The fraction of sp³-hybridized carbons (Fsp3) is 0.105. The van der Waals surface area contributed by atoms with E-state index in [-0.39, 0.29) is 18.9 Å². The van der Waals surface area contributed by atoms with Crippen LogP contribution in [0.5, 0.6) is 5.75 Å². The number of thiazole rings is 1. The zero-order valence-electron chi connectivity index (χ0n) is 14.6. The first kappa shape index (κ1) is 19.8. The molecule has 3 rings (SSSR count). The van der Waals surface area contributed by atoms with Gasteiger partial charge in [-0.05, 0) is 42.0 Å². The van der Waals surface area contributed by atoms with Gasteiger partial charge in [0.15, 0.2) is 5.13 Å². The molecule has 28 heavy (non-hydrogen) atoms. The SMILES string of the molecule is Nc1nc(CC(=O)N/N=C/c2ccc(OCc3c(F)cccc3Cl)cc2)cs1. The molecule has 0 radical (unpaired) electrons. The quantitative estimate of drug-likeness (QED) is 0.451.